The molecule has 108 valence electrons. The van der Waals surface area contributed by atoms with Crippen molar-refractivity contribution in [2.75, 3.05) is 13.2 Å². The Bertz CT molecular complexity index is 429. The molecule has 20 heavy (non-hydrogen) atoms. The Labute approximate surface area is 121 Å². The molecule has 1 saturated carbocycles. The molecule has 1 aliphatic carbocycles. The number of hydrogen-bond acceptors (Lipinski definition) is 3. The first-order valence-corrected chi connectivity index (χ1v) is 7.62. The number of nitriles is 1. The van der Waals surface area contributed by atoms with Gasteiger partial charge in [0.2, 0.25) is 0 Å². The van der Waals surface area contributed by atoms with Crippen molar-refractivity contribution in [1.82, 2.24) is 5.32 Å². The zero-order valence-corrected chi connectivity index (χ0v) is 12.3. The lowest BCUT2D eigenvalue weighted by Crippen LogP contribution is -2.21. The van der Waals surface area contributed by atoms with Crippen LogP contribution in [0.1, 0.15) is 50.6 Å². The fraction of sp³-hybridized carbons (Fsp3) is 0.588. The first kappa shape index (κ1) is 14.9. The van der Waals surface area contributed by atoms with Crippen LogP contribution in [0, 0.1) is 17.2 Å². The van der Waals surface area contributed by atoms with E-state index in [1.54, 1.807) is 0 Å². The van der Waals surface area contributed by atoms with Crippen molar-refractivity contribution in [3.63, 3.8) is 0 Å². The van der Waals surface area contributed by atoms with E-state index in [9.17, 15) is 0 Å². The maximum Gasteiger partial charge on any atom is 0.174 e. The Morgan fingerprint density at radius 1 is 1.30 bits per heavy atom. The number of nitrogens with one attached hydrogen (secondary N) is 1. The molecule has 0 heterocycles. The van der Waals surface area contributed by atoms with Gasteiger partial charge < -0.3 is 10.1 Å². The van der Waals surface area contributed by atoms with Crippen molar-refractivity contribution in [3.05, 3.63) is 29.8 Å². The molecule has 1 fully saturated rings. The van der Waals surface area contributed by atoms with Crippen LogP contribution in [0.4, 0.5) is 0 Å². The molecule has 1 aromatic carbocycles. The summed E-state index contributed by atoms with van der Waals surface area (Å²) in [6.45, 7) is 3.40. The van der Waals surface area contributed by atoms with Crippen LogP contribution < -0.4 is 10.1 Å². The summed E-state index contributed by atoms with van der Waals surface area (Å²) in [7, 11) is 0. The standard InChI is InChI=1S/C17H24N2O/c1-14(19-12-10-15-4-2-3-5-15)16-6-8-17(9-7-16)20-13-11-18/h6-9,14-15,19H,2-5,10,12-13H2,1H3. The summed E-state index contributed by atoms with van der Waals surface area (Å²) in [6, 6.07) is 10.3. The number of nitrogens with zero attached hydrogens (tertiary/aromatic N) is 1. The summed E-state index contributed by atoms with van der Waals surface area (Å²) in [6.07, 6.45) is 6.98. The van der Waals surface area contributed by atoms with E-state index < -0.39 is 0 Å². The van der Waals surface area contributed by atoms with Gasteiger partial charge in [-0.05, 0) is 43.5 Å². The van der Waals surface area contributed by atoms with E-state index in [0.717, 1.165) is 18.2 Å². The van der Waals surface area contributed by atoms with E-state index in [2.05, 4.69) is 24.4 Å². The highest BCUT2D eigenvalue weighted by molar-refractivity contribution is 5.29. The van der Waals surface area contributed by atoms with E-state index in [4.69, 9.17) is 10.00 Å². The highest BCUT2D eigenvalue weighted by Gasteiger charge is 2.14. The van der Waals surface area contributed by atoms with Gasteiger partial charge in [0.05, 0.1) is 0 Å². The normalized spacial score (nSPS) is 16.8. The van der Waals surface area contributed by atoms with Gasteiger partial charge in [-0.15, -0.1) is 0 Å². The van der Waals surface area contributed by atoms with Gasteiger partial charge in [-0.3, -0.25) is 0 Å². The summed E-state index contributed by atoms with van der Waals surface area (Å²) in [5.74, 6) is 1.70. The minimum absolute atomic E-state index is 0.106. The Morgan fingerprint density at radius 2 is 2.00 bits per heavy atom. The Kier molecular flexibility index (Phi) is 5.88. The predicted molar refractivity (Wildman–Crippen MR) is 80.5 cm³/mol. The van der Waals surface area contributed by atoms with Crippen LogP contribution in [0.25, 0.3) is 0 Å². The maximum absolute atomic E-state index is 8.47. The van der Waals surface area contributed by atoms with Gasteiger partial charge in [0.15, 0.2) is 6.61 Å². The maximum atomic E-state index is 8.47. The molecular weight excluding hydrogens is 248 g/mol. The second-order valence-corrected chi connectivity index (χ2v) is 5.63. The van der Waals surface area contributed by atoms with Gasteiger partial charge >= 0.3 is 0 Å². The number of rotatable bonds is 7. The van der Waals surface area contributed by atoms with Crippen molar-refractivity contribution in [1.29, 1.82) is 5.26 Å². The monoisotopic (exact) mass is 272 g/mol. The third-order valence-corrected chi connectivity index (χ3v) is 4.16. The van der Waals surface area contributed by atoms with Gasteiger partial charge in [-0.1, -0.05) is 37.8 Å². The lowest BCUT2D eigenvalue weighted by Gasteiger charge is -2.16. The molecule has 1 aromatic rings. The molecule has 0 radical (unpaired) electrons. The number of benzene rings is 1. The molecule has 1 atom stereocenters. The summed E-state index contributed by atoms with van der Waals surface area (Å²) >= 11 is 0. The number of ether oxygens (including phenoxy) is 1. The molecule has 0 amide bonds. The number of hydrogen-bond donors (Lipinski definition) is 1. The van der Waals surface area contributed by atoms with Crippen molar-refractivity contribution < 1.29 is 4.74 Å². The third kappa shape index (κ3) is 4.54. The Morgan fingerprint density at radius 3 is 2.65 bits per heavy atom. The van der Waals surface area contributed by atoms with Gasteiger partial charge in [-0.2, -0.15) is 5.26 Å². The molecule has 0 aromatic heterocycles. The molecule has 3 heteroatoms. The molecule has 0 bridgehead atoms. The quantitative estimate of drug-likeness (QED) is 0.820. The van der Waals surface area contributed by atoms with Crippen LogP contribution in [0.2, 0.25) is 0 Å². The van der Waals surface area contributed by atoms with Crippen LogP contribution in [-0.4, -0.2) is 13.2 Å². The lowest BCUT2D eigenvalue weighted by atomic mass is 10.0. The van der Waals surface area contributed by atoms with E-state index in [1.807, 2.05) is 18.2 Å². The average Bonchev–Trinajstić information content (AvgIpc) is 2.99. The van der Waals surface area contributed by atoms with E-state index >= 15 is 0 Å². The Hall–Kier alpha value is -1.53. The molecule has 0 aliphatic heterocycles. The van der Waals surface area contributed by atoms with Gasteiger partial charge in [0, 0.05) is 6.04 Å². The second kappa shape index (κ2) is 7.91. The van der Waals surface area contributed by atoms with Crippen LogP contribution in [0.3, 0.4) is 0 Å². The van der Waals surface area contributed by atoms with Crippen molar-refractivity contribution >= 4 is 0 Å². The molecule has 0 saturated heterocycles. The van der Waals surface area contributed by atoms with Crippen LogP contribution in [-0.2, 0) is 0 Å². The topological polar surface area (TPSA) is 45.0 Å². The van der Waals surface area contributed by atoms with Crippen LogP contribution >= 0.6 is 0 Å². The first-order valence-electron chi connectivity index (χ1n) is 7.62. The fourth-order valence-corrected chi connectivity index (χ4v) is 2.89. The molecule has 1 aliphatic rings. The summed E-state index contributed by atoms with van der Waals surface area (Å²) in [5, 5.41) is 12.1. The van der Waals surface area contributed by atoms with E-state index in [1.165, 1.54) is 37.7 Å². The smallest absolute Gasteiger partial charge is 0.174 e. The third-order valence-electron chi connectivity index (χ3n) is 4.16. The highest BCUT2D eigenvalue weighted by atomic mass is 16.5. The van der Waals surface area contributed by atoms with E-state index in [0.29, 0.717) is 6.04 Å². The van der Waals surface area contributed by atoms with Crippen LogP contribution in [0.15, 0.2) is 24.3 Å². The Balaban J connectivity index is 1.73. The molecule has 0 spiro atoms. The minimum atomic E-state index is 0.106. The van der Waals surface area contributed by atoms with Gasteiger partial charge in [0.25, 0.3) is 0 Å². The second-order valence-electron chi connectivity index (χ2n) is 5.63. The molecule has 1 N–H and O–H groups in total. The van der Waals surface area contributed by atoms with Crippen molar-refractivity contribution in [3.8, 4) is 11.8 Å². The van der Waals surface area contributed by atoms with Gasteiger partial charge in [-0.25, -0.2) is 0 Å². The summed E-state index contributed by atoms with van der Waals surface area (Å²) in [5.41, 5.74) is 1.26. The van der Waals surface area contributed by atoms with Crippen LogP contribution in [0.5, 0.6) is 5.75 Å². The zero-order valence-electron chi connectivity index (χ0n) is 12.3. The van der Waals surface area contributed by atoms with Crippen molar-refractivity contribution in [2.45, 2.75) is 45.1 Å². The molecular formula is C17H24N2O. The first-order chi connectivity index (χ1) is 9.79. The average molecular weight is 272 g/mol. The zero-order chi connectivity index (χ0) is 14.2. The van der Waals surface area contributed by atoms with E-state index in [-0.39, 0.29) is 6.61 Å². The molecule has 2 rings (SSSR count). The SMILES string of the molecule is CC(NCCC1CCCC1)c1ccc(OCC#N)cc1. The predicted octanol–water partition coefficient (Wildman–Crippen LogP) is 3.82. The van der Waals surface area contributed by atoms with Crippen molar-refractivity contribution in [2.24, 2.45) is 5.92 Å². The fourth-order valence-electron chi connectivity index (χ4n) is 2.89. The summed E-state index contributed by atoms with van der Waals surface area (Å²) < 4.78 is 5.26. The summed E-state index contributed by atoms with van der Waals surface area (Å²) in [4.78, 5) is 0. The largest absolute Gasteiger partial charge is 0.479 e. The van der Waals surface area contributed by atoms with Gasteiger partial charge in [0.1, 0.15) is 11.8 Å². The minimum Gasteiger partial charge on any atom is -0.479 e. The highest BCUT2D eigenvalue weighted by Crippen LogP contribution is 2.27. The lowest BCUT2D eigenvalue weighted by molar-refractivity contribution is 0.368. The molecule has 3 nitrogen and oxygen atoms in total. The molecule has 1 unspecified atom stereocenters.